The van der Waals surface area contributed by atoms with Crippen LogP contribution in [0.1, 0.15) is 6.92 Å². The first-order valence-electron chi connectivity index (χ1n) is 7.85. The van der Waals surface area contributed by atoms with Gasteiger partial charge in [-0.2, -0.15) is 10.2 Å². The molecule has 132 valence electrons. The number of aliphatic hydroxyl groups excluding tert-OH is 3. The van der Waals surface area contributed by atoms with Gasteiger partial charge in [-0.25, -0.2) is 0 Å². The van der Waals surface area contributed by atoms with Crippen LogP contribution in [0.5, 0.6) is 0 Å². The van der Waals surface area contributed by atoms with E-state index in [2.05, 4.69) is 21.1 Å². The van der Waals surface area contributed by atoms with E-state index in [1.165, 1.54) is 13.1 Å². The van der Waals surface area contributed by atoms with Crippen molar-refractivity contribution in [2.75, 3.05) is 10.9 Å². The van der Waals surface area contributed by atoms with Gasteiger partial charge in [0.1, 0.15) is 17.9 Å². The molecule has 2 aromatic rings. The first-order valence-corrected chi connectivity index (χ1v) is 7.85. The van der Waals surface area contributed by atoms with Crippen molar-refractivity contribution in [2.45, 2.75) is 25.2 Å². The Morgan fingerprint density at radius 3 is 1.92 bits per heavy atom. The molecular formula is C18H22N4O3. The Balaban J connectivity index is 2.13. The second-order valence-corrected chi connectivity index (χ2v) is 5.43. The fraction of sp³-hybridized carbons (Fsp3) is 0.222. The standard InChI is InChI=1S/C18H22N4O3/c1-13(23)17(24)18(25)16(22-21-15-10-6-3-7-11-15)12-19-20-14-8-4-2-5-9-14/h2-13,17-18,20-21,23-25H,1H3/b19-12+,22-16-/t13-,17-,18+/m0/s1. The summed E-state index contributed by atoms with van der Waals surface area (Å²) >= 11 is 0. The van der Waals surface area contributed by atoms with Gasteiger partial charge in [-0.3, -0.25) is 10.9 Å². The van der Waals surface area contributed by atoms with Crippen LogP contribution in [0.3, 0.4) is 0 Å². The molecule has 2 aromatic carbocycles. The predicted molar refractivity (Wildman–Crippen MR) is 99.8 cm³/mol. The Morgan fingerprint density at radius 1 is 0.880 bits per heavy atom. The third-order valence-electron chi connectivity index (χ3n) is 3.37. The molecule has 0 unspecified atom stereocenters. The van der Waals surface area contributed by atoms with Gasteiger partial charge in [0.25, 0.3) is 0 Å². The summed E-state index contributed by atoms with van der Waals surface area (Å²) in [6.45, 7) is 1.38. The molecule has 0 heterocycles. The minimum absolute atomic E-state index is 0.0701. The van der Waals surface area contributed by atoms with E-state index in [1.54, 1.807) is 12.1 Å². The van der Waals surface area contributed by atoms with Crippen molar-refractivity contribution in [2.24, 2.45) is 10.2 Å². The fourth-order valence-corrected chi connectivity index (χ4v) is 1.94. The van der Waals surface area contributed by atoms with Crippen molar-refractivity contribution in [1.29, 1.82) is 0 Å². The summed E-state index contributed by atoms with van der Waals surface area (Å²) in [5.74, 6) is 0. The van der Waals surface area contributed by atoms with Crippen LogP contribution in [0.2, 0.25) is 0 Å². The summed E-state index contributed by atoms with van der Waals surface area (Å²) in [5.41, 5.74) is 7.13. The van der Waals surface area contributed by atoms with Gasteiger partial charge < -0.3 is 15.3 Å². The number of nitrogens with zero attached hydrogens (tertiary/aromatic N) is 2. The number of aliphatic hydroxyl groups is 3. The highest BCUT2D eigenvalue weighted by molar-refractivity contribution is 6.33. The third kappa shape index (κ3) is 6.00. The summed E-state index contributed by atoms with van der Waals surface area (Å²) < 4.78 is 0. The zero-order valence-electron chi connectivity index (χ0n) is 13.8. The highest BCUT2D eigenvalue weighted by Gasteiger charge is 2.25. The molecule has 0 aliphatic heterocycles. The van der Waals surface area contributed by atoms with Crippen LogP contribution in [-0.4, -0.2) is 45.6 Å². The normalized spacial score (nSPS) is 15.6. The van der Waals surface area contributed by atoms with E-state index in [-0.39, 0.29) is 5.71 Å². The maximum Gasteiger partial charge on any atom is 0.128 e. The van der Waals surface area contributed by atoms with Crippen molar-refractivity contribution in [3.63, 3.8) is 0 Å². The molecule has 5 N–H and O–H groups in total. The van der Waals surface area contributed by atoms with Gasteiger partial charge in [0.2, 0.25) is 0 Å². The molecule has 0 aromatic heterocycles. The van der Waals surface area contributed by atoms with Gasteiger partial charge in [0.15, 0.2) is 0 Å². The van der Waals surface area contributed by atoms with E-state index >= 15 is 0 Å². The lowest BCUT2D eigenvalue weighted by Gasteiger charge is -2.20. The number of hydrazone groups is 2. The Hall–Kier alpha value is -2.74. The van der Waals surface area contributed by atoms with E-state index in [1.807, 2.05) is 48.5 Å². The lowest BCUT2D eigenvalue weighted by Crippen LogP contribution is -2.42. The van der Waals surface area contributed by atoms with Crippen LogP contribution >= 0.6 is 0 Å². The van der Waals surface area contributed by atoms with Crippen molar-refractivity contribution < 1.29 is 15.3 Å². The average molecular weight is 342 g/mol. The third-order valence-corrected chi connectivity index (χ3v) is 3.37. The molecule has 3 atom stereocenters. The van der Waals surface area contributed by atoms with Gasteiger partial charge in [-0.05, 0) is 31.2 Å². The summed E-state index contributed by atoms with van der Waals surface area (Å²) in [6, 6.07) is 18.4. The average Bonchev–Trinajstić information content (AvgIpc) is 2.65. The van der Waals surface area contributed by atoms with E-state index < -0.39 is 18.3 Å². The summed E-state index contributed by atoms with van der Waals surface area (Å²) in [7, 11) is 0. The van der Waals surface area contributed by atoms with Crippen molar-refractivity contribution in [3.8, 4) is 0 Å². The summed E-state index contributed by atoms with van der Waals surface area (Å²) in [6.07, 6.45) is -2.62. The SMILES string of the molecule is C[C@H](O)[C@H](O)[C@H](O)C(/C=N/Nc1ccccc1)=N\Nc1ccccc1. The first-order chi connectivity index (χ1) is 12.1. The zero-order chi connectivity index (χ0) is 18.1. The van der Waals surface area contributed by atoms with Crippen LogP contribution in [-0.2, 0) is 0 Å². The maximum absolute atomic E-state index is 10.2. The van der Waals surface area contributed by atoms with Crippen molar-refractivity contribution >= 4 is 23.3 Å². The molecule has 0 fully saturated rings. The highest BCUT2D eigenvalue weighted by atomic mass is 16.4. The molecule has 7 heteroatoms. The van der Waals surface area contributed by atoms with Gasteiger partial charge in [0.05, 0.1) is 23.7 Å². The van der Waals surface area contributed by atoms with Gasteiger partial charge in [-0.1, -0.05) is 36.4 Å². The van der Waals surface area contributed by atoms with Gasteiger partial charge in [-0.15, -0.1) is 0 Å². The number of para-hydroxylation sites is 2. The largest absolute Gasteiger partial charge is 0.391 e. The molecule has 0 saturated heterocycles. The van der Waals surface area contributed by atoms with Gasteiger partial charge in [0, 0.05) is 0 Å². The number of hydrogen-bond acceptors (Lipinski definition) is 7. The zero-order valence-corrected chi connectivity index (χ0v) is 13.8. The number of rotatable bonds is 8. The van der Waals surface area contributed by atoms with Crippen molar-refractivity contribution in [3.05, 3.63) is 60.7 Å². The number of anilines is 2. The lowest BCUT2D eigenvalue weighted by atomic mass is 10.1. The molecule has 0 aliphatic rings. The molecule has 2 rings (SSSR count). The summed E-state index contributed by atoms with van der Waals surface area (Å²) in [4.78, 5) is 0. The smallest absolute Gasteiger partial charge is 0.128 e. The highest BCUT2D eigenvalue weighted by Crippen LogP contribution is 2.08. The Morgan fingerprint density at radius 2 is 1.40 bits per heavy atom. The molecule has 0 spiro atoms. The van der Waals surface area contributed by atoms with E-state index in [9.17, 15) is 15.3 Å². The molecule has 0 amide bonds. The minimum atomic E-state index is -1.41. The molecule has 0 bridgehead atoms. The molecular weight excluding hydrogens is 320 g/mol. The predicted octanol–water partition coefficient (Wildman–Crippen LogP) is 1.65. The van der Waals surface area contributed by atoms with Crippen LogP contribution in [0.4, 0.5) is 11.4 Å². The minimum Gasteiger partial charge on any atom is -0.391 e. The quantitative estimate of drug-likeness (QED) is 0.370. The molecule has 7 nitrogen and oxygen atoms in total. The number of hydrogen-bond donors (Lipinski definition) is 5. The van der Waals surface area contributed by atoms with E-state index in [0.29, 0.717) is 5.69 Å². The summed E-state index contributed by atoms with van der Waals surface area (Å²) in [5, 5.41) is 37.7. The van der Waals surface area contributed by atoms with E-state index in [4.69, 9.17) is 0 Å². The molecule has 0 aliphatic carbocycles. The second kappa shape index (κ2) is 9.53. The fourth-order valence-electron chi connectivity index (χ4n) is 1.94. The Labute approximate surface area is 146 Å². The topological polar surface area (TPSA) is 109 Å². The molecule has 0 radical (unpaired) electrons. The Bertz CT molecular complexity index is 690. The van der Waals surface area contributed by atoms with Gasteiger partial charge >= 0.3 is 0 Å². The Kier molecular flexibility index (Phi) is 7.09. The lowest BCUT2D eigenvalue weighted by molar-refractivity contribution is -0.0249. The van der Waals surface area contributed by atoms with Crippen LogP contribution < -0.4 is 10.9 Å². The van der Waals surface area contributed by atoms with E-state index in [0.717, 1.165) is 5.69 Å². The van der Waals surface area contributed by atoms with Crippen LogP contribution in [0, 0.1) is 0 Å². The molecule has 25 heavy (non-hydrogen) atoms. The maximum atomic E-state index is 10.2. The number of nitrogens with one attached hydrogen (secondary N) is 2. The van der Waals surface area contributed by atoms with Crippen molar-refractivity contribution in [1.82, 2.24) is 0 Å². The van der Waals surface area contributed by atoms with Crippen LogP contribution in [0.25, 0.3) is 0 Å². The monoisotopic (exact) mass is 342 g/mol. The molecule has 0 saturated carbocycles. The second-order valence-electron chi connectivity index (χ2n) is 5.43. The first kappa shape index (κ1) is 18.6. The van der Waals surface area contributed by atoms with Crippen LogP contribution in [0.15, 0.2) is 70.9 Å². The number of benzene rings is 2.